The van der Waals surface area contributed by atoms with Gasteiger partial charge in [0.25, 0.3) is 0 Å². The molecule has 2 heterocycles. The van der Waals surface area contributed by atoms with Gasteiger partial charge in [0.2, 0.25) is 5.88 Å². The Hall–Kier alpha value is -2.05. The Labute approximate surface area is 169 Å². The lowest BCUT2D eigenvalue weighted by atomic mass is 9.99. The van der Waals surface area contributed by atoms with Crippen molar-refractivity contribution >= 4 is 41.6 Å². The molecule has 0 saturated heterocycles. The number of benzene rings is 1. The van der Waals surface area contributed by atoms with Crippen molar-refractivity contribution in [3.8, 4) is 5.88 Å². The summed E-state index contributed by atoms with van der Waals surface area (Å²) in [5.41, 5.74) is 2.71. The molecule has 0 fully saturated rings. The van der Waals surface area contributed by atoms with Crippen molar-refractivity contribution < 1.29 is 5.11 Å². The predicted molar refractivity (Wildman–Crippen MR) is 118 cm³/mol. The van der Waals surface area contributed by atoms with Crippen LogP contribution in [0.25, 0.3) is 6.08 Å². The molecule has 0 aliphatic carbocycles. The summed E-state index contributed by atoms with van der Waals surface area (Å²) in [7, 11) is 0. The first-order valence-electron chi connectivity index (χ1n) is 9.45. The third-order valence-corrected chi connectivity index (χ3v) is 6.23. The minimum absolute atomic E-state index is 0.250. The number of hydrogen-bond donors (Lipinski definition) is 1. The average molecular weight is 400 g/mol. The Balaban J connectivity index is 1.86. The molecular weight excluding hydrogens is 374 g/mol. The van der Waals surface area contributed by atoms with E-state index in [-0.39, 0.29) is 5.88 Å². The van der Waals surface area contributed by atoms with E-state index in [0.29, 0.717) is 9.87 Å². The van der Waals surface area contributed by atoms with Crippen LogP contribution in [-0.2, 0) is 6.54 Å². The van der Waals surface area contributed by atoms with Crippen LogP contribution in [0.5, 0.6) is 5.88 Å². The number of thiazole rings is 1. The van der Waals surface area contributed by atoms with Crippen LogP contribution in [0.4, 0.5) is 0 Å². The van der Waals surface area contributed by atoms with Crippen LogP contribution in [0.1, 0.15) is 50.0 Å². The van der Waals surface area contributed by atoms with Crippen LogP contribution < -0.4 is 0 Å². The number of rotatable bonds is 8. The van der Waals surface area contributed by atoms with Crippen LogP contribution in [0.15, 0.2) is 46.1 Å². The maximum Gasteiger partial charge on any atom is 0.210 e. The second kappa shape index (κ2) is 9.24. The minimum Gasteiger partial charge on any atom is -0.493 e. The normalized spacial score (nSPS) is 16.1. The van der Waals surface area contributed by atoms with Crippen LogP contribution in [0.2, 0.25) is 0 Å². The molecule has 0 spiro atoms. The fourth-order valence-electron chi connectivity index (χ4n) is 3.18. The summed E-state index contributed by atoms with van der Waals surface area (Å²) < 4.78 is 2.59. The summed E-state index contributed by atoms with van der Waals surface area (Å²) in [6.07, 6.45) is 8.31. The van der Waals surface area contributed by atoms with Crippen LogP contribution in [0.3, 0.4) is 0 Å². The Kier molecular flexibility index (Phi) is 6.74. The first-order chi connectivity index (χ1) is 13.1. The third kappa shape index (κ3) is 4.62. The number of allylic oxidation sites excluding steroid dienone is 1. The monoisotopic (exact) mass is 399 g/mol. The SMILES string of the molecule is CCCC[C@@H](CC)Cn1c(O)c(C=C2C=NN=C2c2ccccc2)sc1=S. The van der Waals surface area contributed by atoms with Gasteiger partial charge in [0.15, 0.2) is 3.95 Å². The van der Waals surface area contributed by atoms with E-state index >= 15 is 0 Å². The summed E-state index contributed by atoms with van der Waals surface area (Å²) >= 11 is 6.97. The van der Waals surface area contributed by atoms with Crippen LogP contribution >= 0.6 is 23.6 Å². The largest absolute Gasteiger partial charge is 0.493 e. The van der Waals surface area contributed by atoms with Crippen LogP contribution in [0, 0.1) is 9.87 Å². The lowest BCUT2D eigenvalue weighted by molar-refractivity contribution is 0.347. The molecule has 0 amide bonds. The van der Waals surface area contributed by atoms with Gasteiger partial charge in [-0.15, -0.1) is 16.4 Å². The number of hydrogen-bond acceptors (Lipinski definition) is 5. The fourth-order valence-corrected chi connectivity index (χ4v) is 4.46. The van der Waals surface area contributed by atoms with E-state index in [9.17, 15) is 5.11 Å². The third-order valence-electron chi connectivity index (χ3n) is 4.84. The van der Waals surface area contributed by atoms with Gasteiger partial charge in [-0.3, -0.25) is 4.57 Å². The van der Waals surface area contributed by atoms with Gasteiger partial charge in [-0.2, -0.15) is 5.10 Å². The van der Waals surface area contributed by atoms with Crippen molar-refractivity contribution in [3.05, 3.63) is 50.3 Å². The maximum atomic E-state index is 10.8. The highest BCUT2D eigenvalue weighted by molar-refractivity contribution is 7.73. The lowest BCUT2D eigenvalue weighted by Crippen LogP contribution is -2.10. The Bertz CT molecular complexity index is 923. The molecule has 0 radical (unpaired) electrons. The van der Waals surface area contributed by atoms with Gasteiger partial charge in [-0.1, -0.05) is 63.4 Å². The molecule has 142 valence electrons. The zero-order chi connectivity index (χ0) is 19.2. The smallest absolute Gasteiger partial charge is 0.210 e. The van der Waals surface area contributed by atoms with Crippen LogP contribution in [-0.4, -0.2) is 21.6 Å². The number of unbranched alkanes of at least 4 members (excludes halogenated alkanes) is 1. The molecule has 1 N–H and O–H groups in total. The van der Waals surface area contributed by atoms with E-state index in [1.54, 1.807) is 6.21 Å². The first-order valence-corrected chi connectivity index (χ1v) is 10.7. The molecule has 1 aromatic carbocycles. The molecule has 2 aromatic rings. The summed E-state index contributed by atoms with van der Waals surface area (Å²) in [6, 6.07) is 9.95. The average Bonchev–Trinajstić information content (AvgIpc) is 3.25. The standard InChI is InChI=1S/C21H25N3OS2/c1-3-5-9-15(4-2)14-24-20(25)18(27-21(24)26)12-17-13-22-23-19(17)16-10-7-6-8-11-16/h6-8,10-13,15,25H,3-5,9,14H2,1-2H3/t15-/m1/s1. The fraction of sp³-hybridized carbons (Fsp3) is 0.381. The second-order valence-corrected chi connectivity index (χ2v) is 8.42. The van der Waals surface area contributed by atoms with E-state index in [0.717, 1.165) is 41.1 Å². The van der Waals surface area contributed by atoms with E-state index in [1.807, 2.05) is 41.0 Å². The van der Waals surface area contributed by atoms with E-state index in [1.165, 1.54) is 24.2 Å². The molecule has 27 heavy (non-hydrogen) atoms. The van der Waals surface area contributed by atoms with E-state index < -0.39 is 0 Å². The van der Waals surface area contributed by atoms with Crippen molar-refractivity contribution in [2.75, 3.05) is 0 Å². The quantitative estimate of drug-likeness (QED) is 0.547. The van der Waals surface area contributed by atoms with Gasteiger partial charge in [0.1, 0.15) is 5.71 Å². The van der Waals surface area contributed by atoms with Gasteiger partial charge in [-0.05, 0) is 30.6 Å². The zero-order valence-corrected chi connectivity index (χ0v) is 17.4. The van der Waals surface area contributed by atoms with Gasteiger partial charge in [0, 0.05) is 17.7 Å². The van der Waals surface area contributed by atoms with Crippen molar-refractivity contribution in [2.24, 2.45) is 16.1 Å². The molecule has 0 unspecified atom stereocenters. The summed E-state index contributed by atoms with van der Waals surface area (Å²) in [5, 5.41) is 19.1. The molecule has 1 aliphatic heterocycles. The predicted octanol–water partition coefficient (Wildman–Crippen LogP) is 6.07. The van der Waals surface area contributed by atoms with E-state index in [2.05, 4.69) is 24.1 Å². The van der Waals surface area contributed by atoms with Gasteiger partial charge >= 0.3 is 0 Å². The summed E-state index contributed by atoms with van der Waals surface area (Å²) in [6.45, 7) is 5.18. The number of aromatic hydroxyl groups is 1. The molecule has 1 aliphatic rings. The highest BCUT2D eigenvalue weighted by Gasteiger charge is 2.18. The first kappa shape index (κ1) is 19.7. The Morgan fingerprint density at radius 2 is 2.04 bits per heavy atom. The zero-order valence-electron chi connectivity index (χ0n) is 15.8. The minimum atomic E-state index is 0.250. The molecule has 6 heteroatoms. The van der Waals surface area contributed by atoms with Crippen molar-refractivity contribution in [3.63, 3.8) is 0 Å². The topological polar surface area (TPSA) is 49.9 Å². The van der Waals surface area contributed by atoms with Crippen molar-refractivity contribution in [1.82, 2.24) is 4.57 Å². The van der Waals surface area contributed by atoms with Crippen molar-refractivity contribution in [1.29, 1.82) is 0 Å². The second-order valence-electron chi connectivity index (χ2n) is 6.74. The van der Waals surface area contributed by atoms with Gasteiger partial charge in [-0.25, -0.2) is 0 Å². The van der Waals surface area contributed by atoms with Gasteiger partial charge < -0.3 is 5.11 Å². The molecule has 3 rings (SSSR count). The maximum absolute atomic E-state index is 10.8. The van der Waals surface area contributed by atoms with Crippen molar-refractivity contribution in [2.45, 2.75) is 46.1 Å². The summed E-state index contributed by atoms with van der Waals surface area (Å²) in [5.74, 6) is 0.785. The Morgan fingerprint density at radius 3 is 2.74 bits per heavy atom. The molecular formula is C21H25N3OS2. The van der Waals surface area contributed by atoms with E-state index in [4.69, 9.17) is 12.2 Å². The summed E-state index contributed by atoms with van der Waals surface area (Å²) in [4.78, 5) is 0.761. The highest BCUT2D eigenvalue weighted by atomic mass is 32.1. The molecule has 0 saturated carbocycles. The molecule has 4 nitrogen and oxygen atoms in total. The molecule has 0 bridgehead atoms. The number of nitrogens with zero attached hydrogens (tertiary/aromatic N) is 3. The Morgan fingerprint density at radius 1 is 1.26 bits per heavy atom. The lowest BCUT2D eigenvalue weighted by Gasteiger charge is -2.15. The molecule has 1 aromatic heterocycles. The van der Waals surface area contributed by atoms with Gasteiger partial charge in [0.05, 0.1) is 11.1 Å². The number of aromatic nitrogens is 1. The molecule has 1 atom stereocenters. The highest BCUT2D eigenvalue weighted by Crippen LogP contribution is 2.31.